The highest BCUT2D eigenvalue weighted by Gasteiger charge is 2.41. The molecule has 3 N–H and O–H groups in total. The number of fused-ring (bicyclic) bond motifs is 1. The van der Waals surface area contributed by atoms with Crippen LogP contribution in [0.3, 0.4) is 0 Å². The molecule has 10 heteroatoms. The van der Waals surface area contributed by atoms with Gasteiger partial charge in [0.05, 0.1) is 23.2 Å². The Balaban J connectivity index is 0.00000149. The first-order chi connectivity index (χ1) is 15.7. The number of anilines is 3. The van der Waals surface area contributed by atoms with Crippen molar-refractivity contribution in [3.63, 3.8) is 0 Å². The van der Waals surface area contributed by atoms with Gasteiger partial charge < -0.3 is 15.8 Å². The zero-order valence-electron chi connectivity index (χ0n) is 18.3. The summed E-state index contributed by atoms with van der Waals surface area (Å²) in [6.45, 7) is 1.88. The third kappa shape index (κ3) is 5.98. The summed E-state index contributed by atoms with van der Waals surface area (Å²) in [5, 5.41) is 3.92. The minimum Gasteiger partial charge on any atom is -0.488 e. The monoisotopic (exact) mass is 482 g/mol. The number of benzene rings is 2. The van der Waals surface area contributed by atoms with Gasteiger partial charge in [-0.3, -0.25) is 0 Å². The van der Waals surface area contributed by atoms with Crippen LogP contribution in [0.2, 0.25) is 0 Å². The van der Waals surface area contributed by atoms with Crippen LogP contribution in [-0.4, -0.2) is 28.5 Å². The lowest BCUT2D eigenvalue weighted by molar-refractivity contribution is -0.185. The van der Waals surface area contributed by atoms with Gasteiger partial charge in [-0.1, -0.05) is 0 Å². The molecule has 0 bridgehead atoms. The second kappa shape index (κ2) is 10.5. The Labute approximate surface area is 195 Å². The van der Waals surface area contributed by atoms with E-state index in [0.29, 0.717) is 22.7 Å². The third-order valence-electron chi connectivity index (χ3n) is 5.58. The molecule has 33 heavy (non-hydrogen) atoms. The number of nitrogens with one attached hydrogen (secondary N) is 1. The van der Waals surface area contributed by atoms with E-state index in [2.05, 4.69) is 27.9 Å². The van der Waals surface area contributed by atoms with Crippen molar-refractivity contribution in [2.75, 3.05) is 17.3 Å². The summed E-state index contributed by atoms with van der Waals surface area (Å²) < 4.78 is 58.6. The maximum atomic E-state index is 13.9. The van der Waals surface area contributed by atoms with Crippen LogP contribution in [0.25, 0.3) is 10.9 Å². The van der Waals surface area contributed by atoms with Crippen molar-refractivity contribution >= 4 is 40.7 Å². The molecule has 0 atom stereocenters. The molecule has 0 aliphatic heterocycles. The zero-order valence-corrected chi connectivity index (χ0v) is 19.2. The summed E-state index contributed by atoms with van der Waals surface area (Å²) in [6.07, 6.45) is -0.987. The molecule has 0 saturated heterocycles. The minimum atomic E-state index is -4.19. The molecule has 1 heterocycles. The molecule has 1 fully saturated rings. The molecule has 1 aromatic heterocycles. The second-order valence-electron chi connectivity index (χ2n) is 7.85. The van der Waals surface area contributed by atoms with E-state index < -0.39 is 24.0 Å². The molecule has 0 spiro atoms. The van der Waals surface area contributed by atoms with Gasteiger partial charge in [0.1, 0.15) is 23.7 Å². The molecule has 3 aromatic rings. The van der Waals surface area contributed by atoms with Crippen molar-refractivity contribution < 1.29 is 22.3 Å². The predicted molar refractivity (Wildman–Crippen MR) is 126 cm³/mol. The molecule has 0 unspecified atom stereocenters. The maximum absolute atomic E-state index is 13.9. The fourth-order valence-corrected chi connectivity index (χ4v) is 4.03. The highest BCUT2D eigenvalue weighted by molar-refractivity contribution is 7.79. The second-order valence-corrected chi connectivity index (χ2v) is 7.85. The fraction of sp³-hybridized carbons (Fsp3) is 0.391. The van der Waals surface area contributed by atoms with Crippen LogP contribution in [0.15, 0.2) is 36.7 Å². The molecule has 5 nitrogen and oxygen atoms in total. The van der Waals surface area contributed by atoms with Gasteiger partial charge in [0.25, 0.3) is 0 Å². The summed E-state index contributed by atoms with van der Waals surface area (Å²) in [7, 11) is 0. The van der Waals surface area contributed by atoms with E-state index in [-0.39, 0.29) is 31.4 Å². The Morgan fingerprint density at radius 2 is 1.76 bits per heavy atom. The summed E-state index contributed by atoms with van der Waals surface area (Å²) in [5.41, 5.74) is 8.47. The molecule has 1 aliphatic carbocycles. The van der Waals surface area contributed by atoms with Crippen molar-refractivity contribution in [2.24, 2.45) is 5.92 Å². The molecule has 1 aliphatic rings. The lowest BCUT2D eigenvalue weighted by Gasteiger charge is -2.30. The maximum Gasteiger partial charge on any atom is 0.391 e. The highest BCUT2D eigenvalue weighted by Crippen LogP contribution is 2.40. The van der Waals surface area contributed by atoms with Crippen LogP contribution >= 0.6 is 12.6 Å². The first kappa shape index (κ1) is 24.9. The van der Waals surface area contributed by atoms with Crippen molar-refractivity contribution in [1.82, 2.24) is 9.97 Å². The van der Waals surface area contributed by atoms with E-state index in [9.17, 15) is 17.6 Å². The van der Waals surface area contributed by atoms with Gasteiger partial charge in [-0.25, -0.2) is 14.4 Å². The van der Waals surface area contributed by atoms with Crippen LogP contribution < -0.4 is 15.8 Å². The van der Waals surface area contributed by atoms with Gasteiger partial charge in [-0.05, 0) is 68.7 Å². The van der Waals surface area contributed by atoms with Crippen LogP contribution in [0, 0.1) is 18.7 Å². The summed E-state index contributed by atoms with van der Waals surface area (Å²) in [4.78, 5) is 8.55. The number of rotatable bonds is 4. The number of nitrogens with zero attached hydrogens (tertiary/aromatic N) is 2. The van der Waals surface area contributed by atoms with Crippen LogP contribution in [0.5, 0.6) is 5.75 Å². The van der Waals surface area contributed by atoms with Crippen molar-refractivity contribution in [2.45, 2.75) is 44.9 Å². The molecule has 178 valence electrons. The van der Waals surface area contributed by atoms with Crippen molar-refractivity contribution in [1.29, 1.82) is 0 Å². The number of nitrogen functional groups attached to an aromatic ring is 1. The van der Waals surface area contributed by atoms with Crippen LogP contribution in [0.4, 0.5) is 34.8 Å². The molecule has 0 amide bonds. The normalized spacial score (nSPS) is 18.4. The topological polar surface area (TPSA) is 73.1 Å². The van der Waals surface area contributed by atoms with E-state index in [1.807, 2.05) is 6.92 Å². The largest absolute Gasteiger partial charge is 0.488 e. The van der Waals surface area contributed by atoms with Crippen molar-refractivity contribution in [3.8, 4) is 5.75 Å². The lowest BCUT2D eigenvalue weighted by atomic mass is 9.87. The number of aryl methyl sites for hydroxylation is 1. The van der Waals surface area contributed by atoms with Gasteiger partial charge in [0.2, 0.25) is 0 Å². The Hall–Kier alpha value is -2.75. The van der Waals surface area contributed by atoms with E-state index in [1.54, 1.807) is 18.4 Å². The quantitative estimate of drug-likeness (QED) is 0.226. The number of hydrogen-bond acceptors (Lipinski definition) is 6. The number of nitrogens with two attached hydrogens (primary N) is 1. The molecule has 1 saturated carbocycles. The standard InChI is InChI=1S/C22H22F4N4O.CH4S/c1-12-8-15(27)10-18-20(12)21(29-11-28-18)30-17-7-4-14(23)9-19(17)31-16-5-2-13(3-6-16)22(24,25)26;1-2/h4,7-11,13,16H,2-3,5-6,27H2,1H3,(H,28,29,30);2H,1H3. The van der Waals surface area contributed by atoms with Gasteiger partial charge in [-0.2, -0.15) is 25.8 Å². The first-order valence-electron chi connectivity index (χ1n) is 10.5. The average Bonchev–Trinajstić information content (AvgIpc) is 2.76. The van der Waals surface area contributed by atoms with E-state index >= 15 is 0 Å². The van der Waals surface area contributed by atoms with Crippen molar-refractivity contribution in [3.05, 3.63) is 48.0 Å². The molecule has 2 aromatic carbocycles. The first-order valence-corrected chi connectivity index (χ1v) is 11.4. The minimum absolute atomic E-state index is 0.00338. The molecular formula is C23H26F4N4OS. The molecule has 4 rings (SSSR count). The van der Waals surface area contributed by atoms with E-state index in [4.69, 9.17) is 10.5 Å². The van der Waals surface area contributed by atoms with Gasteiger partial charge in [0, 0.05) is 17.1 Å². The Kier molecular flexibility index (Phi) is 7.88. The Bertz CT molecular complexity index is 1100. The highest BCUT2D eigenvalue weighted by atomic mass is 32.1. The number of alkyl halides is 3. The Morgan fingerprint density at radius 3 is 2.42 bits per heavy atom. The van der Waals surface area contributed by atoms with E-state index in [1.165, 1.54) is 24.5 Å². The summed E-state index contributed by atoms with van der Waals surface area (Å²) in [6, 6.07) is 7.57. The van der Waals surface area contributed by atoms with Gasteiger partial charge in [-0.15, -0.1) is 0 Å². The summed E-state index contributed by atoms with van der Waals surface area (Å²) >= 11 is 3.53. The number of ether oxygens (including phenoxy) is 1. The SMILES string of the molecule is CS.Cc1cc(N)cc2ncnc(Nc3ccc(F)cc3OC3CCC(C(F)(F)F)CC3)c12. The number of aromatic nitrogens is 2. The lowest BCUT2D eigenvalue weighted by Crippen LogP contribution is -2.32. The molecular weight excluding hydrogens is 456 g/mol. The predicted octanol–water partition coefficient (Wildman–Crippen LogP) is 6.45. The molecule has 0 radical (unpaired) electrons. The van der Waals surface area contributed by atoms with Gasteiger partial charge >= 0.3 is 6.18 Å². The number of halogens is 4. The Morgan fingerprint density at radius 1 is 1.06 bits per heavy atom. The van der Waals surface area contributed by atoms with Gasteiger partial charge in [0.15, 0.2) is 0 Å². The number of thiol groups is 1. The fourth-order valence-electron chi connectivity index (χ4n) is 4.03. The smallest absolute Gasteiger partial charge is 0.391 e. The van der Waals surface area contributed by atoms with Crippen LogP contribution in [-0.2, 0) is 0 Å². The van der Waals surface area contributed by atoms with Crippen LogP contribution in [0.1, 0.15) is 31.2 Å². The zero-order chi connectivity index (χ0) is 24.2. The number of hydrogen-bond donors (Lipinski definition) is 3. The third-order valence-corrected chi connectivity index (χ3v) is 5.58. The average molecular weight is 483 g/mol. The van der Waals surface area contributed by atoms with E-state index in [0.717, 1.165) is 10.9 Å². The summed E-state index contributed by atoms with van der Waals surface area (Å²) in [5.74, 6) is -1.07.